The second kappa shape index (κ2) is 9.71. The van der Waals surface area contributed by atoms with E-state index in [4.69, 9.17) is 9.97 Å². The second-order valence-electron chi connectivity index (χ2n) is 12.6. The Kier molecular flexibility index (Phi) is 5.26. The van der Waals surface area contributed by atoms with Gasteiger partial charge in [-0.1, -0.05) is 133 Å². The Morgan fingerprint density at radius 2 is 0.917 bits per heavy atom. The van der Waals surface area contributed by atoms with E-state index < -0.39 is 0 Å². The molecule has 222 valence electrons. The molecule has 0 saturated heterocycles. The molecule has 0 atom stereocenters. The van der Waals surface area contributed by atoms with E-state index in [2.05, 4.69) is 144 Å². The molecule has 11 rings (SSSR count). The van der Waals surface area contributed by atoms with Gasteiger partial charge in [-0.15, -0.1) is 11.3 Å². The van der Waals surface area contributed by atoms with E-state index >= 15 is 0 Å². The van der Waals surface area contributed by atoms with E-state index in [1.54, 1.807) is 0 Å². The average molecular weight is 628 g/mol. The number of rotatable bonds is 3. The first-order valence-electron chi connectivity index (χ1n) is 16.3. The highest BCUT2D eigenvalue weighted by atomic mass is 32.1. The molecule has 7 aromatic carbocycles. The zero-order valence-corrected chi connectivity index (χ0v) is 26.5. The van der Waals surface area contributed by atoms with Crippen molar-refractivity contribution in [2.45, 2.75) is 0 Å². The first-order chi connectivity index (χ1) is 23.8. The number of hydrogen-bond donors (Lipinski definition) is 0. The molecule has 0 amide bonds. The van der Waals surface area contributed by atoms with Crippen molar-refractivity contribution in [1.82, 2.24) is 14.4 Å². The largest absolute Gasteiger partial charge is 0.307 e. The van der Waals surface area contributed by atoms with Crippen molar-refractivity contribution in [3.63, 3.8) is 0 Å². The van der Waals surface area contributed by atoms with Crippen molar-refractivity contribution in [2.24, 2.45) is 0 Å². The fraction of sp³-hybridized carbons (Fsp3) is 0. The highest BCUT2D eigenvalue weighted by molar-refractivity contribution is 7.26. The predicted octanol–water partition coefficient (Wildman–Crippen LogP) is 12.1. The van der Waals surface area contributed by atoms with Crippen LogP contribution in [0.3, 0.4) is 0 Å². The normalized spacial score (nSPS) is 12.2. The first kappa shape index (κ1) is 26.0. The van der Waals surface area contributed by atoms with E-state index in [-0.39, 0.29) is 0 Å². The monoisotopic (exact) mass is 627 g/mol. The molecule has 0 aliphatic heterocycles. The summed E-state index contributed by atoms with van der Waals surface area (Å²) in [6, 6.07) is 54.4. The summed E-state index contributed by atoms with van der Waals surface area (Å²) in [6.45, 7) is 0. The fourth-order valence-electron chi connectivity index (χ4n) is 7.78. The zero-order valence-electron chi connectivity index (χ0n) is 25.7. The molecule has 3 nitrogen and oxygen atoms in total. The van der Waals surface area contributed by atoms with Crippen LogP contribution in [0.1, 0.15) is 0 Å². The summed E-state index contributed by atoms with van der Waals surface area (Å²) < 4.78 is 5.05. The minimum absolute atomic E-state index is 0.735. The van der Waals surface area contributed by atoms with Crippen LogP contribution in [-0.4, -0.2) is 14.4 Å². The third-order valence-electron chi connectivity index (χ3n) is 9.94. The molecule has 48 heavy (non-hydrogen) atoms. The van der Waals surface area contributed by atoms with Crippen LogP contribution in [0.25, 0.3) is 103 Å². The number of fused-ring (bicyclic) bond motifs is 12. The summed E-state index contributed by atoms with van der Waals surface area (Å²) in [5.74, 6) is 0.735. The van der Waals surface area contributed by atoms with Crippen LogP contribution in [0.5, 0.6) is 0 Å². The Balaban J connectivity index is 1.14. The maximum absolute atomic E-state index is 5.10. The molecule has 0 saturated carbocycles. The molecule has 4 aromatic heterocycles. The number of thiophene rings is 1. The smallest absolute Gasteiger partial charge is 0.160 e. The third kappa shape index (κ3) is 3.58. The number of para-hydroxylation sites is 2. The molecular weight excluding hydrogens is 603 g/mol. The zero-order chi connectivity index (χ0) is 31.3. The Labute approximate surface area is 279 Å². The Morgan fingerprint density at radius 3 is 1.62 bits per heavy atom. The summed E-state index contributed by atoms with van der Waals surface area (Å²) in [6.07, 6.45) is 0. The molecule has 0 fully saturated rings. The molecule has 11 aromatic rings. The number of aromatic nitrogens is 3. The van der Waals surface area contributed by atoms with Crippen LogP contribution in [-0.2, 0) is 0 Å². The fourth-order valence-corrected chi connectivity index (χ4v) is 9.05. The van der Waals surface area contributed by atoms with Gasteiger partial charge in [0.2, 0.25) is 0 Å². The van der Waals surface area contributed by atoms with Gasteiger partial charge in [0.25, 0.3) is 0 Å². The van der Waals surface area contributed by atoms with E-state index in [1.807, 2.05) is 23.5 Å². The van der Waals surface area contributed by atoms with Crippen molar-refractivity contribution < 1.29 is 0 Å². The molecule has 0 unspecified atom stereocenters. The van der Waals surface area contributed by atoms with Crippen molar-refractivity contribution >= 4 is 80.4 Å². The summed E-state index contributed by atoms with van der Waals surface area (Å²) in [4.78, 5) is 10.2. The van der Waals surface area contributed by atoms with Crippen molar-refractivity contribution in [2.75, 3.05) is 0 Å². The average Bonchev–Trinajstić information content (AvgIpc) is 3.82. The van der Waals surface area contributed by atoms with E-state index in [0.717, 1.165) is 33.9 Å². The number of nitrogens with zero attached hydrogens (tertiary/aromatic N) is 3. The van der Waals surface area contributed by atoms with Gasteiger partial charge in [-0.25, -0.2) is 9.97 Å². The quantitative estimate of drug-likeness (QED) is 0.195. The van der Waals surface area contributed by atoms with Gasteiger partial charge in [0.15, 0.2) is 5.82 Å². The molecule has 0 aliphatic rings. The number of hydrogen-bond acceptors (Lipinski definition) is 3. The van der Waals surface area contributed by atoms with E-state index in [9.17, 15) is 0 Å². The lowest BCUT2D eigenvalue weighted by atomic mass is 10.0. The summed E-state index contributed by atoms with van der Waals surface area (Å²) >= 11 is 1.86. The van der Waals surface area contributed by atoms with Crippen LogP contribution in [0, 0.1) is 0 Å². The van der Waals surface area contributed by atoms with Gasteiger partial charge in [0.1, 0.15) is 0 Å². The Hall–Kier alpha value is -6.10. The molecule has 0 spiro atoms. The van der Waals surface area contributed by atoms with Crippen molar-refractivity contribution in [3.8, 4) is 33.9 Å². The summed E-state index contributed by atoms with van der Waals surface area (Å²) in [5, 5.41) is 10.4. The lowest BCUT2D eigenvalue weighted by Crippen LogP contribution is -1.95. The summed E-state index contributed by atoms with van der Waals surface area (Å²) in [5.41, 5.74) is 8.89. The molecule has 4 heterocycles. The van der Waals surface area contributed by atoms with Crippen LogP contribution < -0.4 is 0 Å². The van der Waals surface area contributed by atoms with Gasteiger partial charge in [0, 0.05) is 69.2 Å². The van der Waals surface area contributed by atoms with Gasteiger partial charge in [-0.05, 0) is 18.2 Å². The van der Waals surface area contributed by atoms with Gasteiger partial charge in [0.05, 0.1) is 27.9 Å². The molecular formula is C44H25N3S. The molecule has 0 bridgehead atoms. The third-order valence-corrected chi connectivity index (χ3v) is 11.1. The van der Waals surface area contributed by atoms with Gasteiger partial charge >= 0.3 is 0 Å². The van der Waals surface area contributed by atoms with Gasteiger partial charge in [-0.3, -0.25) is 0 Å². The maximum Gasteiger partial charge on any atom is 0.160 e. The SMILES string of the molecule is c1ccc(-c2cc(-c3ccccc3)nc(-c3ccc4c(c3)sc3c4ccc4c3ccc3c5cccc6c7ccccc7n(c43)c65)n2)cc1. The minimum atomic E-state index is 0.735. The summed E-state index contributed by atoms with van der Waals surface area (Å²) in [7, 11) is 0. The van der Waals surface area contributed by atoms with Crippen LogP contribution in [0.4, 0.5) is 0 Å². The highest BCUT2D eigenvalue weighted by Gasteiger charge is 2.20. The highest BCUT2D eigenvalue weighted by Crippen LogP contribution is 2.45. The first-order valence-corrected chi connectivity index (χ1v) is 17.1. The van der Waals surface area contributed by atoms with Crippen LogP contribution in [0.2, 0.25) is 0 Å². The predicted molar refractivity (Wildman–Crippen MR) is 203 cm³/mol. The van der Waals surface area contributed by atoms with Crippen molar-refractivity contribution in [1.29, 1.82) is 0 Å². The molecule has 4 heteroatoms. The Morgan fingerprint density at radius 1 is 0.396 bits per heavy atom. The second-order valence-corrected chi connectivity index (χ2v) is 13.6. The lowest BCUT2D eigenvalue weighted by Gasteiger charge is -2.09. The number of benzene rings is 7. The van der Waals surface area contributed by atoms with E-state index in [0.29, 0.717) is 0 Å². The van der Waals surface area contributed by atoms with Crippen LogP contribution >= 0.6 is 11.3 Å². The van der Waals surface area contributed by atoms with E-state index in [1.165, 1.54) is 69.0 Å². The maximum atomic E-state index is 5.10. The Bertz CT molecular complexity index is 2990. The lowest BCUT2D eigenvalue weighted by molar-refractivity contribution is 1.18. The van der Waals surface area contributed by atoms with Gasteiger partial charge < -0.3 is 4.40 Å². The minimum Gasteiger partial charge on any atom is -0.307 e. The van der Waals surface area contributed by atoms with Crippen molar-refractivity contribution in [3.05, 3.63) is 152 Å². The standard InChI is InChI=1S/C44H25N3S/c1-3-10-26(11-4-1)37-25-38(27-12-5-2-6-13-27)46-44(45-37)28-18-19-30-35-22-21-34-36(43(35)48-40(30)24-28)23-20-33-32-16-9-15-31-29-14-7-8-17-39(29)47(41(31)32)42(33)34/h1-25H. The topological polar surface area (TPSA) is 30.2 Å². The van der Waals surface area contributed by atoms with Crippen LogP contribution in [0.15, 0.2) is 152 Å². The van der Waals surface area contributed by atoms with Gasteiger partial charge in [-0.2, -0.15) is 0 Å². The molecule has 0 N–H and O–H groups in total. The molecule has 0 radical (unpaired) electrons. The molecule has 0 aliphatic carbocycles.